The number of nitrogen functional groups attached to an aromatic ring is 1. The molecule has 0 aliphatic carbocycles. The molecule has 0 aromatic heterocycles. The van der Waals surface area contributed by atoms with Crippen LogP contribution in [0, 0.1) is 0 Å². The van der Waals surface area contributed by atoms with Crippen molar-refractivity contribution in [3.63, 3.8) is 0 Å². The van der Waals surface area contributed by atoms with Gasteiger partial charge in [0.25, 0.3) is 0 Å². The molecule has 1 atom stereocenters. The first-order chi connectivity index (χ1) is 7.81. The van der Waals surface area contributed by atoms with Crippen molar-refractivity contribution >= 4 is 5.69 Å². The smallest absolute Gasteiger partial charge is 0.109 e. The summed E-state index contributed by atoms with van der Waals surface area (Å²) in [4.78, 5) is 2.25. The largest absolute Gasteiger partial charge is 0.399 e. The van der Waals surface area contributed by atoms with Crippen LogP contribution in [-0.4, -0.2) is 24.7 Å². The maximum atomic E-state index is 13.2. The molecule has 2 N–H and O–H groups in total. The summed E-state index contributed by atoms with van der Waals surface area (Å²) in [6.07, 6.45) is 3.65. The number of nitrogens with zero attached hydrogens (tertiary/aromatic N) is 1. The molecule has 1 aromatic carbocycles. The molecule has 2 rings (SSSR count). The maximum Gasteiger partial charge on any atom is 0.109 e. The molecule has 1 saturated heterocycles. The zero-order valence-corrected chi connectivity index (χ0v) is 9.53. The molecular weight excluding hydrogens is 203 g/mol. The molecule has 0 bridgehead atoms. The SMILES string of the molecule is Nc1ccc(C(CF)N2CCCCC2)cc1. The van der Waals surface area contributed by atoms with Crippen molar-refractivity contribution in [2.24, 2.45) is 0 Å². The second-order valence-corrected chi connectivity index (χ2v) is 4.43. The first kappa shape index (κ1) is 11.4. The Morgan fingerprint density at radius 2 is 1.75 bits per heavy atom. The van der Waals surface area contributed by atoms with Gasteiger partial charge < -0.3 is 5.73 Å². The summed E-state index contributed by atoms with van der Waals surface area (Å²) < 4.78 is 13.2. The van der Waals surface area contributed by atoms with E-state index in [0.717, 1.165) is 24.3 Å². The van der Waals surface area contributed by atoms with E-state index in [2.05, 4.69) is 4.90 Å². The fourth-order valence-corrected chi connectivity index (χ4v) is 2.35. The summed E-state index contributed by atoms with van der Waals surface area (Å²) in [5.41, 5.74) is 7.42. The van der Waals surface area contributed by atoms with Gasteiger partial charge in [-0.25, -0.2) is 4.39 Å². The van der Waals surface area contributed by atoms with Crippen LogP contribution in [0.2, 0.25) is 0 Å². The van der Waals surface area contributed by atoms with Gasteiger partial charge in [-0.3, -0.25) is 4.90 Å². The molecular formula is C13H19FN2. The number of likely N-dealkylation sites (tertiary alicyclic amines) is 1. The lowest BCUT2D eigenvalue weighted by Crippen LogP contribution is -2.34. The van der Waals surface area contributed by atoms with Crippen molar-refractivity contribution in [1.82, 2.24) is 4.90 Å². The Morgan fingerprint density at radius 1 is 1.12 bits per heavy atom. The highest BCUT2D eigenvalue weighted by Crippen LogP contribution is 2.25. The van der Waals surface area contributed by atoms with Gasteiger partial charge in [0, 0.05) is 5.69 Å². The lowest BCUT2D eigenvalue weighted by atomic mass is 10.0. The van der Waals surface area contributed by atoms with Gasteiger partial charge >= 0.3 is 0 Å². The summed E-state index contributed by atoms with van der Waals surface area (Å²) in [5.74, 6) is 0. The van der Waals surface area contributed by atoms with Crippen LogP contribution in [-0.2, 0) is 0 Å². The number of halogens is 1. The van der Waals surface area contributed by atoms with Crippen molar-refractivity contribution < 1.29 is 4.39 Å². The minimum absolute atomic E-state index is 0.0825. The highest BCUT2D eigenvalue weighted by molar-refractivity contribution is 5.40. The number of nitrogens with two attached hydrogens (primary N) is 1. The van der Waals surface area contributed by atoms with Gasteiger partial charge in [-0.15, -0.1) is 0 Å². The van der Waals surface area contributed by atoms with E-state index in [4.69, 9.17) is 5.73 Å². The second kappa shape index (κ2) is 5.30. The summed E-state index contributed by atoms with van der Waals surface area (Å²) in [6, 6.07) is 7.49. The van der Waals surface area contributed by atoms with Gasteiger partial charge in [-0.05, 0) is 43.6 Å². The summed E-state index contributed by atoms with van der Waals surface area (Å²) >= 11 is 0. The lowest BCUT2D eigenvalue weighted by Gasteiger charge is -2.33. The molecule has 0 radical (unpaired) electrons. The van der Waals surface area contributed by atoms with Gasteiger partial charge in [-0.1, -0.05) is 18.6 Å². The van der Waals surface area contributed by atoms with Gasteiger partial charge in [0.05, 0.1) is 6.04 Å². The molecule has 3 heteroatoms. The Bertz CT molecular complexity index is 317. The topological polar surface area (TPSA) is 29.3 Å². The molecule has 1 heterocycles. The molecule has 88 valence electrons. The maximum absolute atomic E-state index is 13.2. The number of hydrogen-bond acceptors (Lipinski definition) is 2. The average Bonchev–Trinajstić information content (AvgIpc) is 2.34. The Morgan fingerprint density at radius 3 is 2.31 bits per heavy atom. The van der Waals surface area contributed by atoms with E-state index >= 15 is 0 Å². The third-order valence-corrected chi connectivity index (χ3v) is 3.30. The quantitative estimate of drug-likeness (QED) is 0.797. The van der Waals surface area contributed by atoms with Crippen LogP contribution >= 0.6 is 0 Å². The summed E-state index contributed by atoms with van der Waals surface area (Å²) in [5, 5.41) is 0. The van der Waals surface area contributed by atoms with E-state index in [1.165, 1.54) is 19.3 Å². The summed E-state index contributed by atoms with van der Waals surface area (Å²) in [6.45, 7) is 1.71. The Balaban J connectivity index is 2.11. The third kappa shape index (κ3) is 2.53. The van der Waals surface area contributed by atoms with Crippen LogP contribution in [0.5, 0.6) is 0 Å². The van der Waals surface area contributed by atoms with Gasteiger partial charge in [0.1, 0.15) is 6.67 Å². The van der Waals surface area contributed by atoms with Crippen molar-refractivity contribution in [1.29, 1.82) is 0 Å². The highest BCUT2D eigenvalue weighted by Gasteiger charge is 2.21. The molecule has 16 heavy (non-hydrogen) atoms. The van der Waals surface area contributed by atoms with Gasteiger partial charge in [0.2, 0.25) is 0 Å². The highest BCUT2D eigenvalue weighted by atomic mass is 19.1. The van der Waals surface area contributed by atoms with Crippen molar-refractivity contribution in [3.05, 3.63) is 29.8 Å². The molecule has 2 nitrogen and oxygen atoms in total. The Labute approximate surface area is 96.2 Å². The predicted molar refractivity (Wildman–Crippen MR) is 65.0 cm³/mol. The molecule has 1 fully saturated rings. The summed E-state index contributed by atoms with van der Waals surface area (Å²) in [7, 11) is 0. The van der Waals surface area contributed by atoms with Crippen molar-refractivity contribution in [2.45, 2.75) is 25.3 Å². The van der Waals surface area contributed by atoms with Crippen LogP contribution in [0.15, 0.2) is 24.3 Å². The standard InChI is InChI=1S/C13H19FN2/c14-10-13(16-8-2-1-3-9-16)11-4-6-12(15)7-5-11/h4-7,13H,1-3,8-10,15H2. The number of rotatable bonds is 3. The molecule has 1 aromatic rings. The minimum Gasteiger partial charge on any atom is -0.399 e. The van der Waals surface area contributed by atoms with Crippen LogP contribution in [0.3, 0.4) is 0 Å². The van der Waals surface area contributed by atoms with E-state index in [1.807, 2.05) is 24.3 Å². The van der Waals surface area contributed by atoms with E-state index in [1.54, 1.807) is 0 Å². The molecule has 0 saturated carbocycles. The fourth-order valence-electron chi connectivity index (χ4n) is 2.35. The Kier molecular flexibility index (Phi) is 3.78. The zero-order valence-electron chi connectivity index (χ0n) is 9.53. The van der Waals surface area contributed by atoms with Gasteiger partial charge in [0.15, 0.2) is 0 Å². The van der Waals surface area contributed by atoms with E-state index < -0.39 is 0 Å². The van der Waals surface area contributed by atoms with Crippen LogP contribution < -0.4 is 5.73 Å². The molecule has 0 amide bonds. The first-order valence-electron chi connectivity index (χ1n) is 5.96. The van der Waals surface area contributed by atoms with E-state index in [-0.39, 0.29) is 12.7 Å². The number of alkyl halides is 1. The second-order valence-electron chi connectivity index (χ2n) is 4.43. The Hall–Kier alpha value is -1.09. The van der Waals surface area contributed by atoms with E-state index in [9.17, 15) is 4.39 Å². The molecule has 1 aliphatic rings. The van der Waals surface area contributed by atoms with Crippen LogP contribution in [0.25, 0.3) is 0 Å². The number of hydrogen-bond donors (Lipinski definition) is 1. The average molecular weight is 222 g/mol. The molecule has 1 aliphatic heterocycles. The number of piperidine rings is 1. The van der Waals surface area contributed by atoms with Crippen LogP contribution in [0.4, 0.5) is 10.1 Å². The third-order valence-electron chi connectivity index (χ3n) is 3.30. The lowest BCUT2D eigenvalue weighted by molar-refractivity contribution is 0.139. The van der Waals surface area contributed by atoms with E-state index in [0.29, 0.717) is 0 Å². The number of anilines is 1. The van der Waals surface area contributed by atoms with Crippen molar-refractivity contribution in [2.75, 3.05) is 25.5 Å². The monoisotopic (exact) mass is 222 g/mol. The van der Waals surface area contributed by atoms with Gasteiger partial charge in [-0.2, -0.15) is 0 Å². The minimum atomic E-state index is -0.316. The molecule has 1 unspecified atom stereocenters. The van der Waals surface area contributed by atoms with Crippen LogP contribution in [0.1, 0.15) is 30.9 Å². The first-order valence-corrected chi connectivity index (χ1v) is 5.96. The number of benzene rings is 1. The predicted octanol–water partition coefficient (Wildman–Crippen LogP) is 2.77. The van der Waals surface area contributed by atoms with Crippen molar-refractivity contribution in [3.8, 4) is 0 Å². The normalized spacial score (nSPS) is 19.6. The molecule has 0 spiro atoms. The zero-order chi connectivity index (χ0) is 11.4. The fraction of sp³-hybridized carbons (Fsp3) is 0.538.